The molecule has 0 atom stereocenters. The third-order valence-electron chi connectivity index (χ3n) is 3.11. The van der Waals surface area contributed by atoms with Gasteiger partial charge < -0.3 is 0 Å². The summed E-state index contributed by atoms with van der Waals surface area (Å²) in [4.78, 5) is 8.47. The number of rotatable bonds is 2. The van der Waals surface area contributed by atoms with Crippen molar-refractivity contribution in [3.8, 4) is 0 Å². The van der Waals surface area contributed by atoms with E-state index in [1.165, 1.54) is 11.1 Å². The molecule has 0 amide bonds. The second-order valence-corrected chi connectivity index (χ2v) is 4.96. The number of allylic oxidation sites excluding steroid dienone is 1. The highest BCUT2D eigenvalue weighted by molar-refractivity contribution is 8.02. The van der Waals surface area contributed by atoms with Crippen LogP contribution >= 0.6 is 11.8 Å². The number of thioether (sulfide) groups is 1. The minimum atomic E-state index is -0.0623. The normalized spacial score (nSPS) is 17.2. The van der Waals surface area contributed by atoms with Gasteiger partial charge in [0.05, 0.1) is 5.41 Å². The summed E-state index contributed by atoms with van der Waals surface area (Å²) < 4.78 is 0. The molecule has 3 heteroatoms. The van der Waals surface area contributed by atoms with E-state index in [0.717, 1.165) is 5.75 Å². The Morgan fingerprint density at radius 3 is 2.06 bits per heavy atom. The molecule has 0 N–H and O–H groups in total. The summed E-state index contributed by atoms with van der Waals surface area (Å²) in [7, 11) is 0. The molecular weight excluding hydrogens is 228 g/mol. The third kappa shape index (κ3) is 1.76. The van der Waals surface area contributed by atoms with Crippen LogP contribution in [0.1, 0.15) is 11.1 Å². The molecule has 1 aliphatic heterocycles. The molecule has 17 heavy (non-hydrogen) atoms. The number of hydrogen-bond acceptors (Lipinski definition) is 3. The van der Waals surface area contributed by atoms with Gasteiger partial charge in [0.25, 0.3) is 0 Å². The average Bonchev–Trinajstić information content (AvgIpc) is 2.91. The molecular formula is C14H12N2S. The molecule has 1 aliphatic rings. The maximum Gasteiger partial charge on any atom is 0.0513 e. The van der Waals surface area contributed by atoms with Crippen LogP contribution in [0.2, 0.25) is 0 Å². The SMILES string of the molecule is C1=CC(c2cccnc2)(c2cccnc2)CS1. The van der Waals surface area contributed by atoms with Crippen molar-refractivity contribution in [2.24, 2.45) is 0 Å². The van der Waals surface area contributed by atoms with Gasteiger partial charge in [-0.15, -0.1) is 11.8 Å². The lowest BCUT2D eigenvalue weighted by Gasteiger charge is -2.27. The van der Waals surface area contributed by atoms with Gasteiger partial charge in [-0.3, -0.25) is 9.97 Å². The monoisotopic (exact) mass is 240 g/mol. The van der Waals surface area contributed by atoms with E-state index in [0.29, 0.717) is 0 Å². The number of nitrogens with zero attached hydrogens (tertiary/aromatic N) is 2. The zero-order chi connectivity index (χ0) is 11.6. The fraction of sp³-hybridized carbons (Fsp3) is 0.143. The molecule has 0 bridgehead atoms. The smallest absolute Gasteiger partial charge is 0.0513 e. The van der Waals surface area contributed by atoms with Gasteiger partial charge in [0.2, 0.25) is 0 Å². The second kappa shape index (κ2) is 4.34. The van der Waals surface area contributed by atoms with Crippen LogP contribution < -0.4 is 0 Å². The van der Waals surface area contributed by atoms with Crippen molar-refractivity contribution in [1.29, 1.82) is 0 Å². The van der Waals surface area contributed by atoms with Gasteiger partial charge in [0.1, 0.15) is 0 Å². The molecule has 0 unspecified atom stereocenters. The summed E-state index contributed by atoms with van der Waals surface area (Å²) in [5.41, 5.74) is 2.40. The summed E-state index contributed by atoms with van der Waals surface area (Å²) in [6.45, 7) is 0. The first-order valence-electron chi connectivity index (χ1n) is 5.52. The van der Waals surface area contributed by atoms with Gasteiger partial charge in [0, 0.05) is 30.5 Å². The minimum Gasteiger partial charge on any atom is -0.264 e. The summed E-state index contributed by atoms with van der Waals surface area (Å²) in [5, 5.41) is 2.17. The zero-order valence-electron chi connectivity index (χ0n) is 9.28. The number of pyridine rings is 2. The highest BCUT2D eigenvalue weighted by Crippen LogP contribution is 2.41. The Kier molecular flexibility index (Phi) is 2.69. The van der Waals surface area contributed by atoms with Gasteiger partial charge >= 0.3 is 0 Å². The lowest BCUT2D eigenvalue weighted by atomic mass is 9.78. The third-order valence-corrected chi connectivity index (χ3v) is 4.06. The Hall–Kier alpha value is -1.61. The van der Waals surface area contributed by atoms with Gasteiger partial charge in [-0.1, -0.05) is 18.2 Å². The van der Waals surface area contributed by atoms with E-state index in [1.54, 1.807) is 0 Å². The largest absolute Gasteiger partial charge is 0.264 e. The maximum absolute atomic E-state index is 4.24. The lowest BCUT2D eigenvalue weighted by Crippen LogP contribution is -2.26. The fourth-order valence-electron chi connectivity index (χ4n) is 2.17. The maximum atomic E-state index is 4.24. The molecule has 0 aromatic carbocycles. The Bertz CT molecular complexity index is 483. The fourth-order valence-corrected chi connectivity index (χ4v) is 3.29. The Labute approximate surface area is 105 Å². The molecule has 0 fully saturated rings. The van der Waals surface area contributed by atoms with Crippen LogP contribution in [-0.2, 0) is 5.41 Å². The van der Waals surface area contributed by atoms with E-state index in [9.17, 15) is 0 Å². The van der Waals surface area contributed by atoms with Crippen LogP contribution in [0.4, 0.5) is 0 Å². The first-order valence-corrected chi connectivity index (χ1v) is 6.57. The molecule has 0 aliphatic carbocycles. The minimum absolute atomic E-state index is 0.0623. The van der Waals surface area contributed by atoms with E-state index < -0.39 is 0 Å². The van der Waals surface area contributed by atoms with E-state index >= 15 is 0 Å². The lowest BCUT2D eigenvalue weighted by molar-refractivity contribution is 0.737. The summed E-state index contributed by atoms with van der Waals surface area (Å²) in [6, 6.07) is 8.25. The molecule has 0 saturated carbocycles. The first kappa shape index (κ1) is 10.5. The molecule has 3 heterocycles. The molecule has 84 valence electrons. The highest BCUT2D eigenvalue weighted by atomic mass is 32.2. The van der Waals surface area contributed by atoms with Crippen LogP contribution in [0.3, 0.4) is 0 Å². The van der Waals surface area contributed by atoms with Crippen LogP contribution in [0.15, 0.2) is 60.5 Å². The predicted octanol–water partition coefficient (Wildman–Crippen LogP) is 3.02. The summed E-state index contributed by atoms with van der Waals surface area (Å²) in [6.07, 6.45) is 9.77. The molecule has 2 nitrogen and oxygen atoms in total. The van der Waals surface area contributed by atoms with Crippen molar-refractivity contribution in [3.63, 3.8) is 0 Å². The van der Waals surface area contributed by atoms with Gasteiger partial charge in [-0.2, -0.15) is 0 Å². The van der Waals surface area contributed by atoms with Crippen molar-refractivity contribution in [2.75, 3.05) is 5.75 Å². The molecule has 0 radical (unpaired) electrons. The van der Waals surface area contributed by atoms with Crippen LogP contribution in [0.25, 0.3) is 0 Å². The topological polar surface area (TPSA) is 25.8 Å². The van der Waals surface area contributed by atoms with E-state index in [2.05, 4.69) is 33.6 Å². The number of aromatic nitrogens is 2. The van der Waals surface area contributed by atoms with E-state index in [-0.39, 0.29) is 5.41 Å². The quantitative estimate of drug-likeness (QED) is 0.807. The van der Waals surface area contributed by atoms with Crippen molar-refractivity contribution in [1.82, 2.24) is 9.97 Å². The molecule has 0 saturated heterocycles. The highest BCUT2D eigenvalue weighted by Gasteiger charge is 2.34. The van der Waals surface area contributed by atoms with Crippen LogP contribution in [-0.4, -0.2) is 15.7 Å². The van der Waals surface area contributed by atoms with Crippen molar-refractivity contribution in [3.05, 3.63) is 71.7 Å². The van der Waals surface area contributed by atoms with Crippen molar-refractivity contribution < 1.29 is 0 Å². The molecule has 2 aromatic heterocycles. The van der Waals surface area contributed by atoms with Crippen molar-refractivity contribution >= 4 is 11.8 Å². The van der Waals surface area contributed by atoms with Gasteiger partial charge in [0.15, 0.2) is 0 Å². The van der Waals surface area contributed by atoms with Crippen molar-refractivity contribution in [2.45, 2.75) is 5.41 Å². The van der Waals surface area contributed by atoms with Gasteiger partial charge in [-0.05, 0) is 28.7 Å². The Morgan fingerprint density at radius 1 is 1.00 bits per heavy atom. The van der Waals surface area contributed by atoms with Gasteiger partial charge in [-0.25, -0.2) is 0 Å². The molecule has 0 spiro atoms. The number of hydrogen-bond donors (Lipinski definition) is 0. The molecule has 2 aromatic rings. The molecule has 3 rings (SSSR count). The average molecular weight is 240 g/mol. The zero-order valence-corrected chi connectivity index (χ0v) is 10.1. The summed E-state index contributed by atoms with van der Waals surface area (Å²) >= 11 is 1.83. The summed E-state index contributed by atoms with van der Waals surface area (Å²) in [5.74, 6) is 1.02. The second-order valence-electron chi connectivity index (χ2n) is 4.07. The predicted molar refractivity (Wildman–Crippen MR) is 70.9 cm³/mol. The Balaban J connectivity index is 2.15. The van der Waals surface area contributed by atoms with E-state index in [1.807, 2.05) is 48.7 Å². The standard InChI is InChI=1S/C14H12N2S/c1-3-12(9-15-6-1)14(5-8-17-11-14)13-4-2-7-16-10-13/h1-10H,11H2. The first-order chi connectivity index (χ1) is 8.42. The van der Waals surface area contributed by atoms with Crippen LogP contribution in [0, 0.1) is 0 Å². The van der Waals surface area contributed by atoms with Crippen LogP contribution in [0.5, 0.6) is 0 Å². The Morgan fingerprint density at radius 2 is 1.65 bits per heavy atom. The van der Waals surface area contributed by atoms with E-state index in [4.69, 9.17) is 0 Å².